The molecule has 36 valence electrons. The van der Waals surface area contributed by atoms with E-state index in [2.05, 4.69) is 18.4 Å². The van der Waals surface area contributed by atoms with E-state index in [1.54, 1.807) is 0 Å². The lowest BCUT2D eigenvalue weighted by atomic mass is 11.5. The molecule has 0 aliphatic heterocycles. The smallest absolute Gasteiger partial charge is 0.238 e. The Morgan fingerprint density at radius 2 is 1.83 bits per heavy atom. The zero-order valence-electron chi connectivity index (χ0n) is 2.75. The van der Waals surface area contributed by atoms with E-state index in [1.165, 1.54) is 0 Å². The minimum atomic E-state index is -2.31. The normalized spacial score (nSPS) is 7.67. The highest BCUT2D eigenvalue weighted by molar-refractivity contribution is 8.08. The molecule has 0 saturated carbocycles. The maximum absolute atomic E-state index is 9.46. The molecule has 0 bridgehead atoms. The summed E-state index contributed by atoms with van der Waals surface area (Å²) in [5.41, 5.74) is 4.60. The third-order valence-electron chi connectivity index (χ3n) is 0.171. The van der Waals surface area contributed by atoms with Crippen LogP contribution in [-0.2, 0) is 10.3 Å². The number of hydrogen-bond donors (Lipinski definition) is 2. The summed E-state index contributed by atoms with van der Waals surface area (Å²) in [7, 11) is -2.31. The molecule has 3 nitrogen and oxygen atoms in total. The predicted octanol–water partition coefficient (Wildman–Crippen LogP) is -1.16. The van der Waals surface area contributed by atoms with Crippen LogP contribution in [0.4, 0.5) is 0 Å². The molecule has 2 N–H and O–H groups in total. The van der Waals surface area contributed by atoms with Gasteiger partial charge in [-0.3, -0.25) is 5.73 Å². The molecule has 0 aromatic carbocycles. The highest BCUT2D eigenvalue weighted by atomic mass is 32.2. The van der Waals surface area contributed by atoms with Crippen molar-refractivity contribution in [1.82, 2.24) is 0 Å². The lowest BCUT2D eigenvalue weighted by molar-refractivity contribution is 0.627. The SMILES string of the molecule is NC(S)=S(=O)=O. The molecule has 0 saturated heterocycles. The Balaban J connectivity index is 4.58. The summed E-state index contributed by atoms with van der Waals surface area (Å²) in [6, 6.07) is 0. The Labute approximate surface area is 42.1 Å². The topological polar surface area (TPSA) is 60.2 Å². The van der Waals surface area contributed by atoms with Crippen LogP contribution in [0.15, 0.2) is 0 Å². The van der Waals surface area contributed by atoms with Gasteiger partial charge in [0.1, 0.15) is 0 Å². The third-order valence-corrected chi connectivity index (χ3v) is 0.959. The van der Waals surface area contributed by atoms with Gasteiger partial charge >= 0.3 is 0 Å². The quantitative estimate of drug-likeness (QED) is 0.317. The minimum absolute atomic E-state index is 0.380. The van der Waals surface area contributed by atoms with Crippen molar-refractivity contribution in [3.8, 4) is 0 Å². The molecular weight excluding hydrogens is 122 g/mol. The van der Waals surface area contributed by atoms with Gasteiger partial charge in [0, 0.05) is 0 Å². The second-order valence-corrected chi connectivity index (χ2v) is 2.27. The fourth-order valence-electron chi connectivity index (χ4n) is 0. The molecule has 0 fully saturated rings. The van der Waals surface area contributed by atoms with E-state index in [1.807, 2.05) is 0 Å². The molecule has 5 heteroatoms. The highest BCUT2D eigenvalue weighted by Crippen LogP contribution is 1.61. The van der Waals surface area contributed by atoms with Crippen LogP contribution in [0, 0.1) is 0 Å². The first-order valence-corrected chi connectivity index (χ1v) is 2.57. The number of thiol groups is 1. The van der Waals surface area contributed by atoms with E-state index in [0.29, 0.717) is 0 Å². The first-order valence-electron chi connectivity index (χ1n) is 1.05. The van der Waals surface area contributed by atoms with E-state index in [9.17, 15) is 8.42 Å². The summed E-state index contributed by atoms with van der Waals surface area (Å²) in [6.07, 6.45) is 0. The molecule has 0 aromatic heterocycles. The molecule has 0 amide bonds. The zero-order chi connectivity index (χ0) is 5.15. The van der Waals surface area contributed by atoms with Gasteiger partial charge in [-0.25, -0.2) is 0 Å². The van der Waals surface area contributed by atoms with Gasteiger partial charge in [-0.2, -0.15) is 8.42 Å². The molecule has 0 spiro atoms. The summed E-state index contributed by atoms with van der Waals surface area (Å²) in [5.74, 6) is 0. The third kappa shape index (κ3) is 2.25. The van der Waals surface area contributed by atoms with Crippen molar-refractivity contribution < 1.29 is 8.42 Å². The lowest BCUT2D eigenvalue weighted by Crippen LogP contribution is -2.01. The summed E-state index contributed by atoms with van der Waals surface area (Å²) in [5, 5.41) is 0. The molecule has 6 heavy (non-hydrogen) atoms. The molecule has 0 radical (unpaired) electrons. The molecule has 0 heterocycles. The number of nitrogens with two attached hydrogens (primary N) is 1. The number of rotatable bonds is 0. The van der Waals surface area contributed by atoms with Crippen molar-refractivity contribution >= 4 is 27.2 Å². The van der Waals surface area contributed by atoms with E-state index in [-0.39, 0.29) is 4.32 Å². The van der Waals surface area contributed by atoms with Gasteiger partial charge in [0.25, 0.3) is 0 Å². The van der Waals surface area contributed by atoms with E-state index in [4.69, 9.17) is 0 Å². The molecule has 0 atom stereocenters. The van der Waals surface area contributed by atoms with Crippen LogP contribution in [0.1, 0.15) is 0 Å². The van der Waals surface area contributed by atoms with Crippen LogP contribution in [0.2, 0.25) is 0 Å². The van der Waals surface area contributed by atoms with E-state index in [0.717, 1.165) is 0 Å². The van der Waals surface area contributed by atoms with Gasteiger partial charge in [-0.15, -0.1) is 12.6 Å². The van der Waals surface area contributed by atoms with Crippen LogP contribution >= 0.6 is 12.6 Å². The monoisotopic (exact) mass is 125 g/mol. The Bertz CT molecular complexity index is 142. The summed E-state index contributed by atoms with van der Waals surface area (Å²) in [4.78, 5) is 0. The minimum Gasteiger partial charge on any atom is -0.284 e. The molecule has 0 unspecified atom stereocenters. The average Bonchev–Trinajstić information content (AvgIpc) is 1.36. The standard InChI is InChI=1S/CH3NO2S2/c2-1(5)6(3)4/h5H,2H2. The van der Waals surface area contributed by atoms with Crippen LogP contribution < -0.4 is 5.73 Å². The predicted molar refractivity (Wildman–Crippen MR) is 27.1 cm³/mol. The van der Waals surface area contributed by atoms with E-state index >= 15 is 0 Å². The van der Waals surface area contributed by atoms with Crippen LogP contribution in [0.3, 0.4) is 0 Å². The lowest BCUT2D eigenvalue weighted by Gasteiger charge is -1.64. The summed E-state index contributed by atoms with van der Waals surface area (Å²) < 4.78 is 18.5. The highest BCUT2D eigenvalue weighted by Gasteiger charge is 1.73. The Morgan fingerprint density at radius 3 is 1.83 bits per heavy atom. The first-order chi connectivity index (χ1) is 2.64. The summed E-state index contributed by atoms with van der Waals surface area (Å²) in [6.45, 7) is 0. The average molecular weight is 125 g/mol. The second-order valence-electron chi connectivity index (χ2n) is 0.573. The van der Waals surface area contributed by atoms with Crippen molar-refractivity contribution in [2.24, 2.45) is 5.73 Å². The number of hydrogen-bond acceptors (Lipinski definition) is 2. The molecule has 0 aliphatic carbocycles. The van der Waals surface area contributed by atoms with Crippen LogP contribution in [0.25, 0.3) is 0 Å². The maximum Gasteiger partial charge on any atom is 0.238 e. The molecule has 0 aliphatic rings. The van der Waals surface area contributed by atoms with Gasteiger partial charge in [0.15, 0.2) is 4.32 Å². The summed E-state index contributed by atoms with van der Waals surface area (Å²) >= 11 is 3.27. The first kappa shape index (κ1) is 6.00. The Hall–Kier alpha value is -0.0000000000000000555. The van der Waals surface area contributed by atoms with Crippen molar-refractivity contribution in [3.63, 3.8) is 0 Å². The fourth-order valence-corrected chi connectivity index (χ4v) is 0. The van der Waals surface area contributed by atoms with Gasteiger partial charge in [0.05, 0.1) is 0 Å². The van der Waals surface area contributed by atoms with Gasteiger partial charge in [0.2, 0.25) is 10.3 Å². The fraction of sp³-hybridized carbons (Fsp3) is 0. The maximum atomic E-state index is 9.46. The van der Waals surface area contributed by atoms with Gasteiger partial charge in [-0.05, 0) is 0 Å². The van der Waals surface area contributed by atoms with Crippen LogP contribution in [0.5, 0.6) is 0 Å². The van der Waals surface area contributed by atoms with Crippen molar-refractivity contribution in [1.29, 1.82) is 0 Å². The van der Waals surface area contributed by atoms with Crippen LogP contribution in [-0.4, -0.2) is 12.7 Å². The van der Waals surface area contributed by atoms with E-state index < -0.39 is 10.3 Å². The van der Waals surface area contributed by atoms with Crippen molar-refractivity contribution in [2.75, 3.05) is 0 Å². The van der Waals surface area contributed by atoms with Crippen molar-refractivity contribution in [2.45, 2.75) is 0 Å². The molecular formula is CH3NO2S2. The molecule has 0 rings (SSSR count). The molecule has 0 aromatic rings. The Morgan fingerprint density at radius 1 is 1.67 bits per heavy atom. The van der Waals surface area contributed by atoms with Gasteiger partial charge in [-0.1, -0.05) is 0 Å². The van der Waals surface area contributed by atoms with Gasteiger partial charge < -0.3 is 0 Å². The second kappa shape index (κ2) is 2.22. The van der Waals surface area contributed by atoms with Crippen molar-refractivity contribution in [3.05, 3.63) is 0 Å². The zero-order valence-corrected chi connectivity index (χ0v) is 4.46. The largest absolute Gasteiger partial charge is 0.284 e. The Kier molecular flexibility index (Phi) is 2.22.